The monoisotopic (exact) mass is 1330 g/mol. The number of esters is 2. The van der Waals surface area contributed by atoms with E-state index in [4.69, 9.17) is 18.5 Å². The molecule has 10 heteroatoms. The lowest BCUT2D eigenvalue weighted by atomic mass is 10.0. The molecule has 0 aliphatic carbocycles. The Labute approximate surface area is 581 Å². The molecule has 0 spiro atoms. The summed E-state index contributed by atoms with van der Waals surface area (Å²) in [4.78, 5) is 38.1. The van der Waals surface area contributed by atoms with Crippen molar-refractivity contribution in [2.24, 2.45) is 0 Å². The molecule has 0 fully saturated rings. The van der Waals surface area contributed by atoms with Crippen LogP contribution in [0, 0.1) is 0 Å². The molecular weight excluding hydrogens is 1180 g/mol. The Morgan fingerprint density at radius 1 is 0.340 bits per heavy atom. The molecule has 0 aliphatic rings. The minimum absolute atomic E-state index is 0.0429. The molecule has 0 saturated heterocycles. The van der Waals surface area contributed by atoms with Gasteiger partial charge >= 0.3 is 11.9 Å². The van der Waals surface area contributed by atoms with E-state index in [9.17, 15) is 19.0 Å². The van der Waals surface area contributed by atoms with Gasteiger partial charge in [0.1, 0.15) is 19.8 Å². The summed E-state index contributed by atoms with van der Waals surface area (Å²) in [6, 6.07) is 0. The first kappa shape index (κ1) is 90.2. The summed E-state index contributed by atoms with van der Waals surface area (Å²) >= 11 is 0. The van der Waals surface area contributed by atoms with Crippen LogP contribution in [-0.4, -0.2) is 70.0 Å². The lowest BCUT2D eigenvalue weighted by Crippen LogP contribution is -2.37. The Morgan fingerprint density at radius 3 is 0.904 bits per heavy atom. The van der Waals surface area contributed by atoms with E-state index in [2.05, 4.69) is 148 Å². The second-order valence-corrected chi connectivity index (χ2v) is 28.4. The Morgan fingerprint density at radius 2 is 0.606 bits per heavy atom. The molecular formula is C84H146NO8P. The summed E-state index contributed by atoms with van der Waals surface area (Å²) < 4.78 is 34.3. The van der Waals surface area contributed by atoms with Crippen LogP contribution in [0.5, 0.6) is 0 Å². The van der Waals surface area contributed by atoms with Crippen molar-refractivity contribution in [1.82, 2.24) is 0 Å². The fourth-order valence-corrected chi connectivity index (χ4v) is 11.5. The summed E-state index contributed by atoms with van der Waals surface area (Å²) in [6.07, 6.45) is 107. The first-order chi connectivity index (χ1) is 46.0. The number of carbonyl (C=O) groups is 2. The van der Waals surface area contributed by atoms with Crippen LogP contribution in [0.3, 0.4) is 0 Å². The van der Waals surface area contributed by atoms with Gasteiger partial charge in [-0.2, -0.15) is 0 Å². The first-order valence-corrected chi connectivity index (χ1v) is 40.4. The van der Waals surface area contributed by atoms with E-state index in [-0.39, 0.29) is 26.1 Å². The third-order valence-electron chi connectivity index (χ3n) is 16.7. The Balaban J connectivity index is 4.09. The third-order valence-corrected chi connectivity index (χ3v) is 17.6. The van der Waals surface area contributed by atoms with Crippen molar-refractivity contribution in [3.8, 4) is 0 Å². The number of rotatable bonds is 71. The maximum absolute atomic E-state index is 12.9. The van der Waals surface area contributed by atoms with Crippen LogP contribution in [0.15, 0.2) is 134 Å². The summed E-state index contributed by atoms with van der Waals surface area (Å²) in [6.45, 7) is 4.12. The van der Waals surface area contributed by atoms with Crippen LogP contribution in [0.4, 0.5) is 0 Å². The van der Waals surface area contributed by atoms with Gasteiger partial charge < -0.3 is 27.9 Å². The zero-order valence-electron chi connectivity index (χ0n) is 61.6. The normalized spacial score (nSPS) is 13.8. The summed E-state index contributed by atoms with van der Waals surface area (Å²) in [7, 11) is 1.14. The van der Waals surface area contributed by atoms with Gasteiger partial charge in [-0.25, -0.2) is 0 Å². The molecule has 0 bridgehead atoms. The molecule has 2 atom stereocenters. The minimum Gasteiger partial charge on any atom is -0.756 e. The van der Waals surface area contributed by atoms with E-state index in [1.165, 1.54) is 193 Å². The van der Waals surface area contributed by atoms with Crippen LogP contribution in [0.25, 0.3) is 0 Å². The van der Waals surface area contributed by atoms with Gasteiger partial charge in [0.15, 0.2) is 6.10 Å². The fourth-order valence-electron chi connectivity index (χ4n) is 10.8. The van der Waals surface area contributed by atoms with Crippen LogP contribution >= 0.6 is 7.82 Å². The Kier molecular flexibility index (Phi) is 70.4. The quantitative estimate of drug-likeness (QED) is 0.0195. The van der Waals surface area contributed by atoms with Gasteiger partial charge in [0, 0.05) is 12.8 Å². The van der Waals surface area contributed by atoms with Gasteiger partial charge in [0.2, 0.25) is 0 Å². The number of carbonyl (C=O) groups excluding carboxylic acids is 2. The highest BCUT2D eigenvalue weighted by Crippen LogP contribution is 2.38. The Bertz CT molecular complexity index is 2050. The van der Waals surface area contributed by atoms with E-state index in [1.54, 1.807) is 0 Å². The molecule has 0 aromatic heterocycles. The van der Waals surface area contributed by atoms with Gasteiger partial charge in [-0.1, -0.05) is 359 Å². The second-order valence-electron chi connectivity index (χ2n) is 27.0. The van der Waals surface area contributed by atoms with Crippen molar-refractivity contribution in [3.05, 3.63) is 134 Å². The number of likely N-dealkylation sites (N-methyl/N-ethyl adjacent to an activating group) is 1. The average Bonchev–Trinajstić information content (AvgIpc) is 1.56. The standard InChI is InChI=1S/C84H146NO8P/c1-6-8-10-12-14-16-18-20-22-24-26-28-30-32-34-36-38-40-41-42-43-45-47-49-51-53-55-57-59-61-63-65-67-69-71-73-75-77-84(87)93-82(81-92-94(88,89)91-79-78-85(3,4)5)80-90-83(86)76-74-72-70-68-66-64-62-60-58-56-54-52-50-48-46-44-39-37-35-33-31-29-27-25-23-21-19-17-15-13-11-9-7-2/h8,10,14,16,20,22,26,28,32,34,38,40,42-43,47,49,53,55,59,61,65,67,82H,6-7,9,11-13,15,17-19,21,23-25,27,29-31,33,35-37,39,41,44-46,48,50-52,54,56-58,60,62-64,66,68-81H2,1-5H3/b10-8-,16-14-,22-20-,28-26-,34-32-,40-38-,43-42-,49-47-,55-53-,61-59-,67-65-. The minimum atomic E-state index is -4.66. The number of phosphoric acid groups is 1. The van der Waals surface area contributed by atoms with Crippen LogP contribution in [0.1, 0.15) is 335 Å². The molecule has 0 heterocycles. The largest absolute Gasteiger partial charge is 0.756 e. The van der Waals surface area contributed by atoms with Crippen LogP contribution in [-0.2, 0) is 32.7 Å². The van der Waals surface area contributed by atoms with E-state index in [1.807, 2.05) is 21.1 Å². The van der Waals surface area contributed by atoms with Crippen molar-refractivity contribution < 1.29 is 42.1 Å². The number of ether oxygens (including phenoxy) is 2. The number of nitrogens with zero attached hydrogens (tertiary/aromatic N) is 1. The highest BCUT2D eigenvalue weighted by atomic mass is 31.2. The summed E-state index contributed by atoms with van der Waals surface area (Å²) in [5.74, 6) is -0.868. The highest BCUT2D eigenvalue weighted by molar-refractivity contribution is 7.45. The molecule has 0 saturated carbocycles. The predicted octanol–water partition coefficient (Wildman–Crippen LogP) is 25.3. The topological polar surface area (TPSA) is 111 Å². The lowest BCUT2D eigenvalue weighted by molar-refractivity contribution is -0.870. The molecule has 540 valence electrons. The fraction of sp³-hybridized carbons (Fsp3) is 0.714. The third kappa shape index (κ3) is 77.2. The smallest absolute Gasteiger partial charge is 0.306 e. The molecule has 0 N–H and O–H groups in total. The van der Waals surface area contributed by atoms with Crippen molar-refractivity contribution in [2.75, 3.05) is 47.5 Å². The van der Waals surface area contributed by atoms with Crippen molar-refractivity contribution in [3.63, 3.8) is 0 Å². The van der Waals surface area contributed by atoms with E-state index in [0.29, 0.717) is 17.4 Å². The maximum Gasteiger partial charge on any atom is 0.306 e. The molecule has 0 aliphatic heterocycles. The molecule has 0 rings (SSSR count). The Hall–Kier alpha value is -3.85. The molecule has 94 heavy (non-hydrogen) atoms. The van der Waals surface area contributed by atoms with Gasteiger partial charge in [-0.15, -0.1) is 0 Å². The SMILES string of the molecule is CC/C=C\C/C=C\C/C=C\C/C=C\C/C=C\C/C=C\C/C=C\C/C=C\C/C=C\C/C=C\C/C=C\CCCCCC(=O)OC(COC(=O)CCCCCCCCCCCCCCCCCCCCCCCCCCCCCCCCCCC)COP(=O)([O-])OCC[N+](C)(C)C. The molecule has 0 radical (unpaired) electrons. The first-order valence-electron chi connectivity index (χ1n) is 38.9. The number of hydrogen-bond donors (Lipinski definition) is 0. The van der Waals surface area contributed by atoms with Gasteiger partial charge in [-0.05, 0) is 96.3 Å². The van der Waals surface area contributed by atoms with Crippen molar-refractivity contribution in [1.29, 1.82) is 0 Å². The average molecular weight is 1330 g/mol. The number of allylic oxidation sites excluding steroid dienone is 22. The van der Waals surface area contributed by atoms with Crippen LogP contribution in [0.2, 0.25) is 0 Å². The number of phosphoric ester groups is 1. The highest BCUT2D eigenvalue weighted by Gasteiger charge is 2.22. The maximum atomic E-state index is 12.9. The molecule has 0 amide bonds. The van der Waals surface area contributed by atoms with Crippen LogP contribution < -0.4 is 4.89 Å². The number of hydrogen-bond acceptors (Lipinski definition) is 8. The number of quaternary nitrogens is 1. The molecule has 0 aromatic carbocycles. The summed E-state index contributed by atoms with van der Waals surface area (Å²) in [5.41, 5.74) is 0. The van der Waals surface area contributed by atoms with Gasteiger partial charge in [0.25, 0.3) is 7.82 Å². The van der Waals surface area contributed by atoms with Crippen molar-refractivity contribution >= 4 is 19.8 Å². The van der Waals surface area contributed by atoms with E-state index >= 15 is 0 Å². The second kappa shape index (κ2) is 73.4. The van der Waals surface area contributed by atoms with E-state index < -0.39 is 32.5 Å². The van der Waals surface area contributed by atoms with E-state index in [0.717, 1.165) is 109 Å². The van der Waals surface area contributed by atoms with Crippen molar-refractivity contribution in [2.45, 2.75) is 341 Å². The predicted molar refractivity (Wildman–Crippen MR) is 406 cm³/mol. The van der Waals surface area contributed by atoms with Gasteiger partial charge in [0.05, 0.1) is 27.7 Å². The molecule has 2 unspecified atom stereocenters. The zero-order chi connectivity index (χ0) is 68.3. The zero-order valence-corrected chi connectivity index (χ0v) is 62.5. The molecule has 0 aromatic rings. The number of unbranched alkanes of at least 4 members (excludes halogenated alkanes) is 35. The summed E-state index contributed by atoms with van der Waals surface area (Å²) in [5, 5.41) is 0. The van der Waals surface area contributed by atoms with Gasteiger partial charge in [-0.3, -0.25) is 14.2 Å². The molecule has 9 nitrogen and oxygen atoms in total. The lowest BCUT2D eigenvalue weighted by Gasteiger charge is -2.28.